The summed E-state index contributed by atoms with van der Waals surface area (Å²) in [7, 11) is 0. The molecular weight excluding hydrogens is 249 g/mol. The normalized spacial score (nSPS) is 12.6. The van der Waals surface area contributed by atoms with Gasteiger partial charge in [0, 0.05) is 0 Å². The van der Waals surface area contributed by atoms with Crippen molar-refractivity contribution in [3.63, 3.8) is 0 Å². The predicted octanol–water partition coefficient (Wildman–Crippen LogP) is 1.11. The molecule has 82 valence electrons. The zero-order chi connectivity index (χ0) is 11.1. The van der Waals surface area contributed by atoms with Crippen molar-refractivity contribution in [2.24, 2.45) is 0 Å². The quantitative estimate of drug-likeness (QED) is 0.702. The van der Waals surface area contributed by atoms with Crippen LogP contribution < -0.4 is 5.32 Å². The van der Waals surface area contributed by atoms with Crippen molar-refractivity contribution in [2.45, 2.75) is 17.3 Å². The SMILES string of the molecule is CSCC[C@H](NC(=O)C(Cl)Cl)C(=O)O. The molecule has 0 aliphatic carbocycles. The highest BCUT2D eigenvalue weighted by Gasteiger charge is 2.22. The lowest BCUT2D eigenvalue weighted by Gasteiger charge is -2.13. The first-order valence-electron chi connectivity index (χ1n) is 3.79. The summed E-state index contributed by atoms with van der Waals surface area (Å²) in [5.41, 5.74) is 0. The molecule has 0 fully saturated rings. The zero-order valence-corrected chi connectivity index (χ0v) is 9.83. The van der Waals surface area contributed by atoms with Crippen molar-refractivity contribution in [2.75, 3.05) is 12.0 Å². The molecule has 0 unspecified atom stereocenters. The predicted molar refractivity (Wildman–Crippen MR) is 58.1 cm³/mol. The molecule has 0 aromatic carbocycles. The largest absolute Gasteiger partial charge is 0.480 e. The first kappa shape index (κ1) is 13.9. The Hall–Kier alpha value is -0.130. The van der Waals surface area contributed by atoms with Gasteiger partial charge in [0.05, 0.1) is 0 Å². The molecule has 0 saturated carbocycles. The van der Waals surface area contributed by atoms with Gasteiger partial charge in [-0.2, -0.15) is 11.8 Å². The number of hydrogen-bond acceptors (Lipinski definition) is 3. The van der Waals surface area contributed by atoms with E-state index >= 15 is 0 Å². The van der Waals surface area contributed by atoms with Crippen LogP contribution in [-0.4, -0.2) is 39.9 Å². The third-order valence-corrected chi connectivity index (χ3v) is 2.46. The van der Waals surface area contributed by atoms with Crippen LogP contribution in [0.4, 0.5) is 0 Å². The third kappa shape index (κ3) is 5.57. The number of aliphatic carboxylic acids is 1. The van der Waals surface area contributed by atoms with Crippen molar-refractivity contribution in [3.05, 3.63) is 0 Å². The molecule has 1 amide bonds. The Labute approximate surface area is 96.3 Å². The summed E-state index contributed by atoms with van der Waals surface area (Å²) in [6.45, 7) is 0. The molecule has 1 atom stereocenters. The van der Waals surface area contributed by atoms with Gasteiger partial charge in [0.1, 0.15) is 6.04 Å². The number of carbonyl (C=O) groups is 2. The van der Waals surface area contributed by atoms with E-state index in [1.165, 1.54) is 11.8 Å². The van der Waals surface area contributed by atoms with Crippen LogP contribution in [0.25, 0.3) is 0 Å². The van der Waals surface area contributed by atoms with E-state index in [-0.39, 0.29) is 0 Å². The highest BCUT2D eigenvalue weighted by atomic mass is 35.5. The smallest absolute Gasteiger partial charge is 0.326 e. The van der Waals surface area contributed by atoms with Crippen LogP contribution in [0.15, 0.2) is 0 Å². The zero-order valence-electron chi connectivity index (χ0n) is 7.50. The van der Waals surface area contributed by atoms with Crippen LogP contribution in [0.3, 0.4) is 0 Å². The van der Waals surface area contributed by atoms with Gasteiger partial charge in [-0.3, -0.25) is 4.79 Å². The standard InChI is InChI=1S/C7H11Cl2NO3S/c1-14-3-2-4(7(12)13)10-6(11)5(8)9/h4-5H,2-3H2,1H3,(H,10,11)(H,12,13)/t4-/m0/s1. The summed E-state index contributed by atoms with van der Waals surface area (Å²) in [4.78, 5) is 20.4. The topological polar surface area (TPSA) is 66.4 Å². The Morgan fingerprint density at radius 2 is 2.07 bits per heavy atom. The molecule has 14 heavy (non-hydrogen) atoms. The Kier molecular flexibility index (Phi) is 7.13. The summed E-state index contributed by atoms with van der Waals surface area (Å²) in [6.07, 6.45) is 2.20. The fraction of sp³-hybridized carbons (Fsp3) is 0.714. The number of nitrogens with one attached hydrogen (secondary N) is 1. The van der Waals surface area contributed by atoms with Crippen LogP contribution in [0, 0.1) is 0 Å². The van der Waals surface area contributed by atoms with Crippen molar-refractivity contribution in [1.82, 2.24) is 5.32 Å². The minimum atomic E-state index is -1.23. The van der Waals surface area contributed by atoms with Crippen LogP contribution in [0.2, 0.25) is 0 Å². The fourth-order valence-electron chi connectivity index (χ4n) is 0.728. The summed E-state index contributed by atoms with van der Waals surface area (Å²) in [5.74, 6) is -1.12. The first-order valence-corrected chi connectivity index (χ1v) is 6.06. The number of carbonyl (C=O) groups excluding carboxylic acids is 1. The van der Waals surface area contributed by atoms with Crippen molar-refractivity contribution in [1.29, 1.82) is 0 Å². The minimum absolute atomic E-state index is 0.350. The van der Waals surface area contributed by atoms with Crippen LogP contribution in [0.5, 0.6) is 0 Å². The Balaban J connectivity index is 4.09. The summed E-state index contributed by atoms with van der Waals surface area (Å²) >= 11 is 12.0. The molecule has 0 saturated heterocycles. The Bertz CT molecular complexity index is 213. The first-order chi connectivity index (χ1) is 6.49. The average molecular weight is 260 g/mol. The van der Waals surface area contributed by atoms with Crippen LogP contribution in [0.1, 0.15) is 6.42 Å². The summed E-state index contributed by atoms with van der Waals surface area (Å²) < 4.78 is 0. The third-order valence-electron chi connectivity index (χ3n) is 1.42. The molecule has 0 rings (SSSR count). The number of amides is 1. The number of carboxylic acid groups (broad SMARTS) is 1. The van der Waals surface area contributed by atoms with E-state index in [1.54, 1.807) is 0 Å². The molecule has 0 aliphatic rings. The van der Waals surface area contributed by atoms with Gasteiger partial charge in [0.15, 0.2) is 4.84 Å². The molecule has 0 heterocycles. The molecule has 0 radical (unpaired) electrons. The van der Waals surface area contributed by atoms with Gasteiger partial charge in [-0.1, -0.05) is 23.2 Å². The Morgan fingerprint density at radius 1 is 1.50 bits per heavy atom. The number of hydrogen-bond donors (Lipinski definition) is 2. The lowest BCUT2D eigenvalue weighted by atomic mass is 10.2. The van der Waals surface area contributed by atoms with Gasteiger partial charge in [0.2, 0.25) is 0 Å². The van der Waals surface area contributed by atoms with Crippen LogP contribution in [-0.2, 0) is 9.59 Å². The number of alkyl halides is 2. The van der Waals surface area contributed by atoms with Crippen molar-refractivity contribution in [3.8, 4) is 0 Å². The molecule has 0 aromatic heterocycles. The molecule has 0 spiro atoms. The van der Waals surface area contributed by atoms with Gasteiger partial charge in [0.25, 0.3) is 5.91 Å². The maximum Gasteiger partial charge on any atom is 0.326 e. The number of halogens is 2. The number of rotatable bonds is 6. The average Bonchev–Trinajstić information content (AvgIpc) is 2.10. The molecule has 0 aromatic rings. The lowest BCUT2D eigenvalue weighted by molar-refractivity contribution is -0.141. The second kappa shape index (κ2) is 7.20. The fourth-order valence-corrected chi connectivity index (χ4v) is 1.33. The van der Waals surface area contributed by atoms with Crippen molar-refractivity contribution >= 4 is 46.8 Å². The van der Waals surface area contributed by atoms with E-state index in [9.17, 15) is 9.59 Å². The van der Waals surface area contributed by atoms with E-state index in [0.717, 1.165) is 0 Å². The number of thioether (sulfide) groups is 1. The van der Waals surface area contributed by atoms with E-state index < -0.39 is 22.8 Å². The monoisotopic (exact) mass is 259 g/mol. The minimum Gasteiger partial charge on any atom is -0.480 e. The second-order valence-electron chi connectivity index (χ2n) is 2.48. The highest BCUT2D eigenvalue weighted by molar-refractivity contribution is 7.98. The number of carboxylic acids is 1. The van der Waals surface area contributed by atoms with Gasteiger partial charge in [-0.15, -0.1) is 0 Å². The van der Waals surface area contributed by atoms with Crippen LogP contribution >= 0.6 is 35.0 Å². The Morgan fingerprint density at radius 3 is 2.43 bits per heavy atom. The second-order valence-corrected chi connectivity index (χ2v) is 4.56. The van der Waals surface area contributed by atoms with E-state index in [0.29, 0.717) is 12.2 Å². The summed E-state index contributed by atoms with van der Waals surface area (Å²) in [5, 5.41) is 11.0. The van der Waals surface area contributed by atoms with Gasteiger partial charge < -0.3 is 10.4 Å². The highest BCUT2D eigenvalue weighted by Crippen LogP contribution is 2.05. The maximum absolute atomic E-state index is 11.0. The molecular formula is C7H11Cl2NO3S. The van der Waals surface area contributed by atoms with E-state index in [2.05, 4.69) is 5.32 Å². The molecule has 7 heteroatoms. The van der Waals surface area contributed by atoms with Crippen molar-refractivity contribution < 1.29 is 14.7 Å². The van der Waals surface area contributed by atoms with Gasteiger partial charge in [-0.25, -0.2) is 4.79 Å². The lowest BCUT2D eigenvalue weighted by Crippen LogP contribution is -2.43. The summed E-state index contributed by atoms with van der Waals surface area (Å²) in [6, 6.07) is -0.921. The van der Waals surface area contributed by atoms with E-state index in [1.807, 2.05) is 6.26 Å². The molecule has 2 N–H and O–H groups in total. The molecule has 0 bridgehead atoms. The molecule has 0 aliphatic heterocycles. The van der Waals surface area contributed by atoms with E-state index in [4.69, 9.17) is 28.3 Å². The maximum atomic E-state index is 11.0. The van der Waals surface area contributed by atoms with Gasteiger partial charge in [-0.05, 0) is 18.4 Å². The molecule has 4 nitrogen and oxygen atoms in total. The van der Waals surface area contributed by atoms with Gasteiger partial charge >= 0.3 is 5.97 Å².